The monoisotopic (exact) mass is 225 g/mol. The van der Waals surface area contributed by atoms with Gasteiger partial charge in [-0.1, -0.05) is 13.8 Å². The molecule has 0 aromatic carbocycles. The third-order valence-corrected chi connectivity index (χ3v) is 4.68. The van der Waals surface area contributed by atoms with E-state index in [4.69, 9.17) is 10.5 Å². The Bertz CT molecular complexity index is 294. The van der Waals surface area contributed by atoms with E-state index in [1.54, 1.807) is 0 Å². The summed E-state index contributed by atoms with van der Waals surface area (Å²) in [7, 11) is 1.43. The number of esters is 1. The minimum absolute atomic E-state index is 0.0703. The Morgan fingerprint density at radius 3 is 2.38 bits per heavy atom. The summed E-state index contributed by atoms with van der Waals surface area (Å²) in [5, 5.41) is 0. The van der Waals surface area contributed by atoms with Crippen molar-refractivity contribution in [3.05, 3.63) is 0 Å². The Morgan fingerprint density at radius 1 is 1.38 bits per heavy atom. The third-order valence-electron chi connectivity index (χ3n) is 4.68. The lowest BCUT2D eigenvalue weighted by molar-refractivity contribution is -0.144. The zero-order valence-electron chi connectivity index (χ0n) is 10.6. The zero-order chi connectivity index (χ0) is 12.0. The van der Waals surface area contributed by atoms with E-state index in [0.717, 1.165) is 12.8 Å². The molecule has 3 nitrogen and oxygen atoms in total. The molecule has 2 aliphatic carbocycles. The first-order chi connectivity index (χ1) is 7.41. The van der Waals surface area contributed by atoms with Crippen molar-refractivity contribution < 1.29 is 9.53 Å². The summed E-state index contributed by atoms with van der Waals surface area (Å²) < 4.78 is 4.79. The van der Waals surface area contributed by atoms with Gasteiger partial charge in [0.1, 0.15) is 6.04 Å². The van der Waals surface area contributed by atoms with Gasteiger partial charge in [-0.3, -0.25) is 4.79 Å². The molecule has 0 heterocycles. The quantitative estimate of drug-likeness (QED) is 0.748. The van der Waals surface area contributed by atoms with Crippen LogP contribution >= 0.6 is 0 Å². The van der Waals surface area contributed by atoms with E-state index in [1.165, 1.54) is 26.4 Å². The number of methoxy groups -OCH3 is 1. The molecule has 0 aromatic rings. The van der Waals surface area contributed by atoms with Crippen LogP contribution in [0.25, 0.3) is 0 Å². The Kier molecular flexibility index (Phi) is 2.77. The largest absolute Gasteiger partial charge is 0.468 e. The number of carbonyl (C=O) groups excluding carboxylic acids is 1. The van der Waals surface area contributed by atoms with Crippen LogP contribution in [-0.2, 0) is 9.53 Å². The maximum absolute atomic E-state index is 11.6. The second-order valence-electron chi connectivity index (χ2n) is 6.34. The lowest BCUT2D eigenvalue weighted by Gasteiger charge is -2.28. The van der Waals surface area contributed by atoms with Gasteiger partial charge in [-0.2, -0.15) is 0 Å². The van der Waals surface area contributed by atoms with Crippen molar-refractivity contribution in [1.82, 2.24) is 0 Å². The summed E-state index contributed by atoms with van der Waals surface area (Å²) in [6.45, 7) is 4.62. The molecular weight excluding hydrogens is 202 g/mol. The summed E-state index contributed by atoms with van der Waals surface area (Å²) >= 11 is 0. The fraction of sp³-hybridized carbons (Fsp3) is 0.923. The second kappa shape index (κ2) is 3.73. The average molecular weight is 225 g/mol. The highest BCUT2D eigenvalue weighted by Crippen LogP contribution is 2.61. The van der Waals surface area contributed by atoms with Crippen LogP contribution in [0.4, 0.5) is 0 Å². The Balaban J connectivity index is 2.06. The summed E-state index contributed by atoms with van der Waals surface area (Å²) in [5.74, 6) is 0.388. The molecule has 0 aliphatic heterocycles. The van der Waals surface area contributed by atoms with Crippen LogP contribution in [0.15, 0.2) is 0 Å². The normalized spacial score (nSPS) is 32.1. The van der Waals surface area contributed by atoms with Gasteiger partial charge in [0.15, 0.2) is 0 Å². The van der Waals surface area contributed by atoms with Gasteiger partial charge < -0.3 is 10.5 Å². The van der Waals surface area contributed by atoms with E-state index in [0.29, 0.717) is 11.3 Å². The second-order valence-corrected chi connectivity index (χ2v) is 6.34. The predicted molar refractivity (Wildman–Crippen MR) is 62.8 cm³/mol. The van der Waals surface area contributed by atoms with Crippen LogP contribution in [0.1, 0.15) is 46.0 Å². The van der Waals surface area contributed by atoms with Gasteiger partial charge >= 0.3 is 5.97 Å². The van der Waals surface area contributed by atoms with Gasteiger partial charge in [0.05, 0.1) is 7.11 Å². The molecule has 2 fully saturated rings. The van der Waals surface area contributed by atoms with Crippen molar-refractivity contribution in [1.29, 1.82) is 0 Å². The molecule has 0 radical (unpaired) electrons. The molecule has 2 N–H and O–H groups in total. The van der Waals surface area contributed by atoms with Crippen molar-refractivity contribution in [2.75, 3.05) is 7.11 Å². The molecular formula is C13H23NO2. The van der Waals surface area contributed by atoms with Gasteiger partial charge in [0.25, 0.3) is 0 Å². The van der Waals surface area contributed by atoms with Crippen LogP contribution in [-0.4, -0.2) is 19.1 Å². The molecule has 2 aliphatic rings. The molecule has 2 unspecified atom stereocenters. The first-order valence-corrected chi connectivity index (χ1v) is 6.25. The van der Waals surface area contributed by atoms with E-state index in [-0.39, 0.29) is 11.4 Å². The number of hydrogen-bond donors (Lipinski definition) is 1. The summed E-state index contributed by atoms with van der Waals surface area (Å²) in [6, 6.07) is -0.406. The van der Waals surface area contributed by atoms with Gasteiger partial charge in [0, 0.05) is 0 Å². The van der Waals surface area contributed by atoms with Crippen LogP contribution in [0, 0.1) is 16.7 Å². The number of nitrogens with two attached hydrogens (primary N) is 1. The van der Waals surface area contributed by atoms with Crippen molar-refractivity contribution in [2.24, 2.45) is 22.5 Å². The van der Waals surface area contributed by atoms with Crippen LogP contribution in [0.2, 0.25) is 0 Å². The van der Waals surface area contributed by atoms with Gasteiger partial charge in [0.2, 0.25) is 0 Å². The first kappa shape index (κ1) is 11.9. The summed E-state index contributed by atoms with van der Waals surface area (Å²) in [6.07, 6.45) is 5.89. The fourth-order valence-electron chi connectivity index (χ4n) is 3.41. The molecule has 0 bridgehead atoms. The summed E-state index contributed by atoms with van der Waals surface area (Å²) in [4.78, 5) is 11.6. The Labute approximate surface area is 97.7 Å². The molecule has 16 heavy (non-hydrogen) atoms. The third kappa shape index (κ3) is 1.86. The Hall–Kier alpha value is -0.570. The maximum atomic E-state index is 11.6. The minimum Gasteiger partial charge on any atom is -0.468 e. The molecule has 2 saturated carbocycles. The number of rotatable bonds is 3. The average Bonchev–Trinajstić information content (AvgIpc) is 2.96. The standard InChI is InChI=1S/C13H23NO2/c1-12(2)5-4-9(8-12)13(6-7-13)10(14)11(15)16-3/h9-10H,4-8,14H2,1-3H3. The van der Waals surface area contributed by atoms with E-state index in [9.17, 15) is 4.79 Å². The summed E-state index contributed by atoms with van der Waals surface area (Å²) in [5.41, 5.74) is 6.56. The molecule has 2 rings (SSSR count). The maximum Gasteiger partial charge on any atom is 0.323 e. The SMILES string of the molecule is COC(=O)C(N)C1(C2CCC(C)(C)C2)CC1. The fourth-order valence-corrected chi connectivity index (χ4v) is 3.41. The minimum atomic E-state index is -0.406. The highest BCUT2D eigenvalue weighted by Gasteiger charge is 2.58. The van der Waals surface area contributed by atoms with E-state index < -0.39 is 6.04 Å². The van der Waals surface area contributed by atoms with Gasteiger partial charge in [-0.25, -0.2) is 0 Å². The van der Waals surface area contributed by atoms with Crippen LogP contribution < -0.4 is 5.73 Å². The molecule has 3 heteroatoms. The molecule has 0 aromatic heterocycles. The smallest absolute Gasteiger partial charge is 0.323 e. The lowest BCUT2D eigenvalue weighted by Crippen LogP contribution is -2.43. The van der Waals surface area contributed by atoms with Crippen molar-refractivity contribution in [3.63, 3.8) is 0 Å². The van der Waals surface area contributed by atoms with Crippen molar-refractivity contribution in [2.45, 2.75) is 52.0 Å². The first-order valence-electron chi connectivity index (χ1n) is 6.25. The number of hydrogen-bond acceptors (Lipinski definition) is 3. The molecule has 2 atom stereocenters. The van der Waals surface area contributed by atoms with Crippen LogP contribution in [0.5, 0.6) is 0 Å². The molecule has 92 valence electrons. The van der Waals surface area contributed by atoms with Gasteiger partial charge in [-0.15, -0.1) is 0 Å². The van der Waals surface area contributed by atoms with E-state index >= 15 is 0 Å². The highest BCUT2D eigenvalue weighted by molar-refractivity contribution is 5.77. The molecule has 0 amide bonds. The van der Waals surface area contributed by atoms with Crippen molar-refractivity contribution >= 4 is 5.97 Å². The molecule has 0 saturated heterocycles. The number of carbonyl (C=O) groups is 1. The number of ether oxygens (including phenoxy) is 1. The lowest BCUT2D eigenvalue weighted by atomic mass is 9.79. The highest BCUT2D eigenvalue weighted by atomic mass is 16.5. The van der Waals surface area contributed by atoms with E-state index in [2.05, 4.69) is 13.8 Å². The van der Waals surface area contributed by atoms with Crippen molar-refractivity contribution in [3.8, 4) is 0 Å². The van der Waals surface area contributed by atoms with Crippen LogP contribution in [0.3, 0.4) is 0 Å². The Morgan fingerprint density at radius 2 is 2.00 bits per heavy atom. The zero-order valence-corrected chi connectivity index (χ0v) is 10.6. The predicted octanol–water partition coefficient (Wildman–Crippen LogP) is 2.09. The van der Waals surface area contributed by atoms with Gasteiger partial charge in [-0.05, 0) is 48.9 Å². The van der Waals surface area contributed by atoms with E-state index in [1.807, 2.05) is 0 Å². The molecule has 0 spiro atoms. The topological polar surface area (TPSA) is 52.3 Å².